The van der Waals surface area contributed by atoms with Crippen LogP contribution in [-0.4, -0.2) is 43.5 Å². The summed E-state index contributed by atoms with van der Waals surface area (Å²) in [7, 11) is -2.52. The van der Waals surface area contributed by atoms with Gasteiger partial charge in [0.2, 0.25) is 15.9 Å². The van der Waals surface area contributed by atoms with E-state index in [1.54, 1.807) is 18.3 Å². The smallest absolute Gasteiger partial charge is 0.305 e. The first-order valence-electron chi connectivity index (χ1n) is 10.4. The van der Waals surface area contributed by atoms with Crippen LogP contribution in [0.5, 0.6) is 0 Å². The third kappa shape index (κ3) is 8.97. The summed E-state index contributed by atoms with van der Waals surface area (Å²) in [6, 6.07) is 5.91. The van der Waals surface area contributed by atoms with Crippen molar-refractivity contribution in [3.05, 3.63) is 48.0 Å². The van der Waals surface area contributed by atoms with Crippen molar-refractivity contribution in [2.24, 2.45) is 0 Å². The Balaban J connectivity index is 1.81. The Hall–Kier alpha value is -2.43. The van der Waals surface area contributed by atoms with Crippen molar-refractivity contribution in [3.8, 4) is 0 Å². The molecule has 0 saturated heterocycles. The molecule has 11 heteroatoms. The van der Waals surface area contributed by atoms with E-state index in [1.165, 1.54) is 36.3 Å². The van der Waals surface area contributed by atoms with Gasteiger partial charge in [-0.3, -0.25) is 9.59 Å². The molecule has 0 aliphatic heterocycles. The number of imidazole rings is 1. The third-order valence-electron chi connectivity index (χ3n) is 4.77. The summed E-state index contributed by atoms with van der Waals surface area (Å²) in [5.41, 5.74) is 0. The molecule has 0 aliphatic rings. The van der Waals surface area contributed by atoms with Crippen LogP contribution in [0.15, 0.2) is 47.9 Å². The summed E-state index contributed by atoms with van der Waals surface area (Å²) in [6.45, 7) is 0.494. The maximum atomic E-state index is 12.8. The molecule has 1 aromatic carbocycles. The van der Waals surface area contributed by atoms with E-state index in [1.807, 2.05) is 0 Å². The van der Waals surface area contributed by atoms with E-state index < -0.39 is 16.2 Å². The van der Waals surface area contributed by atoms with Crippen LogP contribution in [0.2, 0.25) is 5.02 Å². The highest BCUT2D eigenvalue weighted by Gasteiger charge is 2.23. The van der Waals surface area contributed by atoms with Crippen molar-refractivity contribution in [3.63, 3.8) is 0 Å². The van der Waals surface area contributed by atoms with Crippen LogP contribution in [0, 0.1) is 0 Å². The number of carbonyl (C=O) groups is 2. The normalized spacial score (nSPS) is 12.3. The van der Waals surface area contributed by atoms with Gasteiger partial charge in [0.15, 0.2) is 0 Å². The Bertz CT molecular complexity index is 966. The molecule has 9 nitrogen and oxygen atoms in total. The first-order chi connectivity index (χ1) is 15.3. The zero-order valence-electron chi connectivity index (χ0n) is 18.0. The van der Waals surface area contributed by atoms with Crippen LogP contribution >= 0.6 is 11.6 Å². The van der Waals surface area contributed by atoms with Crippen molar-refractivity contribution in [1.29, 1.82) is 0 Å². The summed E-state index contributed by atoms with van der Waals surface area (Å²) in [5, 5.41) is 3.13. The maximum Gasteiger partial charge on any atom is 0.305 e. The van der Waals surface area contributed by atoms with Crippen LogP contribution in [0.3, 0.4) is 0 Å². The van der Waals surface area contributed by atoms with Crippen LogP contribution in [0.1, 0.15) is 51.1 Å². The van der Waals surface area contributed by atoms with Gasteiger partial charge in [-0.25, -0.2) is 13.4 Å². The molecule has 0 radical (unpaired) electrons. The highest BCUT2D eigenvalue weighted by Crippen LogP contribution is 2.18. The lowest BCUT2D eigenvalue weighted by molar-refractivity contribution is -0.140. The fourth-order valence-electron chi connectivity index (χ4n) is 3.05. The van der Waals surface area contributed by atoms with Gasteiger partial charge in [0.05, 0.1) is 24.8 Å². The monoisotopic (exact) mass is 484 g/mol. The number of nitrogens with one attached hydrogen (secondary N) is 2. The lowest BCUT2D eigenvalue weighted by atomic mass is 10.1. The van der Waals surface area contributed by atoms with Crippen molar-refractivity contribution < 1.29 is 22.7 Å². The van der Waals surface area contributed by atoms with E-state index in [9.17, 15) is 18.0 Å². The molecule has 1 aromatic heterocycles. The first-order valence-corrected chi connectivity index (χ1v) is 12.3. The van der Waals surface area contributed by atoms with E-state index in [2.05, 4.69) is 19.8 Å². The predicted molar refractivity (Wildman–Crippen MR) is 120 cm³/mol. The van der Waals surface area contributed by atoms with Crippen molar-refractivity contribution in [2.45, 2.75) is 56.0 Å². The molecule has 0 bridgehead atoms. The van der Waals surface area contributed by atoms with Gasteiger partial charge in [0, 0.05) is 30.4 Å². The number of halogens is 1. The second-order valence-electron chi connectivity index (χ2n) is 7.25. The Morgan fingerprint density at radius 2 is 1.94 bits per heavy atom. The Morgan fingerprint density at radius 1 is 1.19 bits per heavy atom. The molecule has 2 rings (SSSR count). The minimum Gasteiger partial charge on any atom is -0.469 e. The number of sulfonamides is 1. The van der Waals surface area contributed by atoms with Gasteiger partial charge >= 0.3 is 5.97 Å². The lowest BCUT2D eigenvalue weighted by Crippen LogP contribution is -2.36. The summed E-state index contributed by atoms with van der Waals surface area (Å²) in [6.07, 6.45) is 8.46. The summed E-state index contributed by atoms with van der Waals surface area (Å²) < 4.78 is 34.2. The molecule has 1 unspecified atom stereocenters. The molecule has 0 saturated carbocycles. The number of hydrogen-bond donors (Lipinski definition) is 2. The SMILES string of the molecule is COC(=O)CCCCCCCNC(=O)CC(NS(=O)(=O)c1cccc(Cl)c1)n1ccnc1. The Morgan fingerprint density at radius 3 is 2.62 bits per heavy atom. The van der Waals surface area contributed by atoms with E-state index in [0.717, 1.165) is 32.1 Å². The molecule has 2 aromatic rings. The van der Waals surface area contributed by atoms with Gasteiger partial charge < -0.3 is 14.6 Å². The van der Waals surface area contributed by atoms with Crippen molar-refractivity contribution in [2.75, 3.05) is 13.7 Å². The summed E-state index contributed by atoms with van der Waals surface area (Å²) in [4.78, 5) is 27.4. The molecule has 0 fully saturated rings. The molecule has 2 N–H and O–H groups in total. The van der Waals surface area contributed by atoms with E-state index >= 15 is 0 Å². The lowest BCUT2D eigenvalue weighted by Gasteiger charge is -2.20. The van der Waals surface area contributed by atoms with Gasteiger partial charge in [-0.05, 0) is 31.0 Å². The molecule has 1 amide bonds. The summed E-state index contributed by atoms with van der Waals surface area (Å²) >= 11 is 5.91. The van der Waals surface area contributed by atoms with Crippen molar-refractivity contribution in [1.82, 2.24) is 19.6 Å². The molecule has 32 heavy (non-hydrogen) atoms. The zero-order valence-corrected chi connectivity index (χ0v) is 19.6. The number of methoxy groups -OCH3 is 1. The van der Waals surface area contributed by atoms with Gasteiger partial charge in [-0.2, -0.15) is 4.72 Å². The number of unbranched alkanes of at least 4 members (excludes halogenated alkanes) is 4. The number of hydrogen-bond acceptors (Lipinski definition) is 6. The largest absolute Gasteiger partial charge is 0.469 e. The highest BCUT2D eigenvalue weighted by molar-refractivity contribution is 7.89. The number of benzene rings is 1. The quantitative estimate of drug-likeness (QED) is 0.314. The van der Waals surface area contributed by atoms with Crippen LogP contribution in [0.25, 0.3) is 0 Å². The number of carbonyl (C=O) groups excluding carboxylic acids is 2. The van der Waals surface area contributed by atoms with Gasteiger partial charge in [-0.1, -0.05) is 36.9 Å². The second kappa shape index (κ2) is 13.2. The average molecular weight is 485 g/mol. The van der Waals surface area contributed by atoms with Gasteiger partial charge in [0.25, 0.3) is 0 Å². The predicted octanol–water partition coefficient (Wildman–Crippen LogP) is 3.03. The molecule has 0 spiro atoms. The molecule has 1 heterocycles. The van der Waals surface area contributed by atoms with Crippen molar-refractivity contribution >= 4 is 33.5 Å². The minimum absolute atomic E-state index is 0.0164. The van der Waals surface area contributed by atoms with Gasteiger partial charge in [0.1, 0.15) is 6.17 Å². The third-order valence-corrected chi connectivity index (χ3v) is 6.46. The second-order valence-corrected chi connectivity index (χ2v) is 9.40. The zero-order chi connectivity index (χ0) is 23.4. The van der Waals surface area contributed by atoms with E-state index in [-0.39, 0.29) is 23.2 Å². The van der Waals surface area contributed by atoms with Gasteiger partial charge in [-0.15, -0.1) is 0 Å². The number of rotatable bonds is 14. The number of esters is 1. The number of amides is 1. The number of ether oxygens (including phenoxy) is 1. The maximum absolute atomic E-state index is 12.8. The standard InChI is InChI=1S/C21H29ClN4O5S/c1-31-21(28)10-5-3-2-4-6-11-24-20(27)15-19(26-13-12-23-16-26)25-32(29,30)18-9-7-8-17(22)14-18/h7-9,12-14,16,19,25H,2-6,10-11,15H2,1H3,(H,24,27). The number of nitrogens with zero attached hydrogens (tertiary/aromatic N) is 2. The molecule has 1 atom stereocenters. The molecular weight excluding hydrogens is 456 g/mol. The molecular formula is C21H29ClN4O5S. The van der Waals surface area contributed by atoms with E-state index in [4.69, 9.17) is 11.6 Å². The average Bonchev–Trinajstić information content (AvgIpc) is 3.29. The minimum atomic E-state index is -3.90. The Labute approximate surface area is 193 Å². The fourth-order valence-corrected chi connectivity index (χ4v) is 4.54. The van der Waals surface area contributed by atoms with Crippen LogP contribution in [-0.2, 0) is 24.3 Å². The fraction of sp³-hybridized carbons (Fsp3) is 0.476. The van der Waals surface area contributed by atoms with Crippen LogP contribution < -0.4 is 10.0 Å². The summed E-state index contributed by atoms with van der Waals surface area (Å²) in [5.74, 6) is -0.473. The first kappa shape index (κ1) is 25.8. The molecule has 0 aliphatic carbocycles. The molecule has 176 valence electrons. The topological polar surface area (TPSA) is 119 Å². The number of aromatic nitrogens is 2. The Kier molecular flexibility index (Phi) is 10.6. The highest BCUT2D eigenvalue weighted by atomic mass is 35.5. The van der Waals surface area contributed by atoms with E-state index in [0.29, 0.717) is 18.0 Å². The van der Waals surface area contributed by atoms with Crippen LogP contribution in [0.4, 0.5) is 0 Å².